The number of thiazole rings is 1. The van der Waals surface area contributed by atoms with Crippen LogP contribution in [0.4, 0.5) is 0 Å². The van der Waals surface area contributed by atoms with E-state index in [9.17, 15) is 4.79 Å². The molecule has 10 nitrogen and oxygen atoms in total. The summed E-state index contributed by atoms with van der Waals surface area (Å²) in [6.07, 6.45) is 7.26. The van der Waals surface area contributed by atoms with Crippen LogP contribution in [0.1, 0.15) is 18.4 Å². The van der Waals surface area contributed by atoms with Crippen molar-refractivity contribution in [1.82, 2.24) is 45.0 Å². The van der Waals surface area contributed by atoms with Gasteiger partial charge in [-0.2, -0.15) is 5.10 Å². The van der Waals surface area contributed by atoms with Gasteiger partial charge in [-0.25, -0.2) is 19.6 Å². The summed E-state index contributed by atoms with van der Waals surface area (Å²) in [7, 11) is 0. The third-order valence-electron chi connectivity index (χ3n) is 5.13. The molecule has 1 fully saturated rings. The van der Waals surface area contributed by atoms with Crippen LogP contribution in [0.15, 0.2) is 42.3 Å². The van der Waals surface area contributed by atoms with Gasteiger partial charge < -0.3 is 5.32 Å². The minimum absolute atomic E-state index is 0.0288. The molecule has 0 radical (unpaired) electrons. The lowest BCUT2D eigenvalue weighted by Gasteiger charge is -2.03. The van der Waals surface area contributed by atoms with Gasteiger partial charge in [-0.1, -0.05) is 11.3 Å². The lowest BCUT2D eigenvalue weighted by molar-refractivity contribution is -0.122. The summed E-state index contributed by atoms with van der Waals surface area (Å²) in [5.41, 5.74) is 6.44. The third kappa shape index (κ3) is 3.63. The van der Waals surface area contributed by atoms with Gasteiger partial charge in [0.05, 0.1) is 40.4 Å². The maximum absolute atomic E-state index is 12.0. The highest BCUT2D eigenvalue weighted by molar-refractivity contribution is 7.16. The van der Waals surface area contributed by atoms with Crippen molar-refractivity contribution >= 4 is 38.8 Å². The second kappa shape index (κ2) is 7.20. The summed E-state index contributed by atoms with van der Waals surface area (Å²) >= 11 is 1.61. The smallest absolute Gasteiger partial charge is 0.241 e. The number of rotatable bonds is 6. The van der Waals surface area contributed by atoms with Gasteiger partial charge in [0.1, 0.15) is 6.54 Å². The van der Waals surface area contributed by atoms with E-state index in [2.05, 4.69) is 36.8 Å². The number of carbonyl (C=O) groups is 1. The lowest BCUT2D eigenvalue weighted by atomic mass is 10.2. The summed E-state index contributed by atoms with van der Waals surface area (Å²) in [5, 5.41) is 15.6. The van der Waals surface area contributed by atoms with E-state index >= 15 is 0 Å². The first-order valence-corrected chi connectivity index (χ1v) is 10.8. The van der Waals surface area contributed by atoms with Crippen LogP contribution in [-0.2, 0) is 17.9 Å². The summed E-state index contributed by atoms with van der Waals surface area (Å²) in [6.45, 7) is 0.717. The van der Waals surface area contributed by atoms with Crippen LogP contribution in [0, 0.1) is 0 Å². The SMILES string of the molecule is O=C(Cn1cc(-c2cnc3nnn(Cc4ccc5ncsc5c4)c3n2)cn1)NC1CC1. The molecular formula is C20H17N9OS. The van der Waals surface area contributed by atoms with Gasteiger partial charge in [-0.15, -0.1) is 16.4 Å². The summed E-state index contributed by atoms with van der Waals surface area (Å²) in [4.78, 5) is 25.4. The number of carbonyl (C=O) groups excluding carboxylic acids is 1. The van der Waals surface area contributed by atoms with E-state index in [0.29, 0.717) is 29.6 Å². The van der Waals surface area contributed by atoms with Crippen molar-refractivity contribution in [2.24, 2.45) is 0 Å². The quantitative estimate of drug-likeness (QED) is 0.437. The van der Waals surface area contributed by atoms with E-state index in [1.807, 2.05) is 17.6 Å². The first-order valence-electron chi connectivity index (χ1n) is 9.92. The molecule has 0 spiro atoms. The van der Waals surface area contributed by atoms with Gasteiger partial charge in [0.2, 0.25) is 11.6 Å². The first-order chi connectivity index (χ1) is 15.2. The van der Waals surface area contributed by atoms with Crippen molar-refractivity contribution in [3.63, 3.8) is 0 Å². The zero-order chi connectivity index (χ0) is 20.8. The Morgan fingerprint density at radius 1 is 1.23 bits per heavy atom. The molecule has 4 heterocycles. The summed E-state index contributed by atoms with van der Waals surface area (Å²) in [6, 6.07) is 6.48. The highest BCUT2D eigenvalue weighted by Gasteiger charge is 2.23. The van der Waals surface area contributed by atoms with Crippen molar-refractivity contribution in [3.05, 3.63) is 47.9 Å². The second-order valence-corrected chi connectivity index (χ2v) is 8.46. The Labute approximate surface area is 180 Å². The van der Waals surface area contributed by atoms with E-state index in [0.717, 1.165) is 34.2 Å². The molecule has 11 heteroatoms. The fourth-order valence-electron chi connectivity index (χ4n) is 3.40. The standard InChI is InChI=1S/C20H17N9OS/c30-18(24-14-2-3-14)10-28-9-13(6-23-28)16-7-21-19-20(25-16)29(27-26-19)8-12-1-4-15-17(5-12)31-11-22-15/h1,4-7,9,11,14H,2-3,8,10H2,(H,24,30). The molecule has 0 unspecified atom stereocenters. The minimum Gasteiger partial charge on any atom is -0.352 e. The van der Waals surface area contributed by atoms with Crippen LogP contribution in [0.2, 0.25) is 0 Å². The minimum atomic E-state index is -0.0288. The predicted octanol–water partition coefficient (Wildman–Crippen LogP) is 2.02. The van der Waals surface area contributed by atoms with Crippen molar-refractivity contribution in [3.8, 4) is 11.3 Å². The van der Waals surface area contributed by atoms with Crippen LogP contribution >= 0.6 is 11.3 Å². The number of hydrogen-bond donors (Lipinski definition) is 1. The molecular weight excluding hydrogens is 414 g/mol. The van der Waals surface area contributed by atoms with Gasteiger partial charge in [-0.05, 0) is 30.5 Å². The van der Waals surface area contributed by atoms with Crippen LogP contribution < -0.4 is 5.32 Å². The average molecular weight is 431 g/mol. The first kappa shape index (κ1) is 18.1. The molecule has 1 aliphatic rings. The maximum Gasteiger partial charge on any atom is 0.241 e. The molecule has 0 aliphatic heterocycles. The Hall–Kier alpha value is -3.73. The summed E-state index contributed by atoms with van der Waals surface area (Å²) in [5.74, 6) is -0.0288. The molecule has 0 atom stereocenters. The lowest BCUT2D eigenvalue weighted by Crippen LogP contribution is -2.29. The molecule has 1 saturated carbocycles. The molecule has 1 amide bonds. The highest BCUT2D eigenvalue weighted by atomic mass is 32.1. The van der Waals surface area contributed by atoms with Crippen LogP contribution in [0.25, 0.3) is 32.8 Å². The maximum atomic E-state index is 12.0. The number of amides is 1. The topological polar surface area (TPSA) is 116 Å². The zero-order valence-electron chi connectivity index (χ0n) is 16.3. The largest absolute Gasteiger partial charge is 0.352 e. The number of aromatic nitrogens is 8. The fourth-order valence-corrected chi connectivity index (χ4v) is 4.14. The third-order valence-corrected chi connectivity index (χ3v) is 5.92. The Bertz CT molecular complexity index is 1410. The van der Waals surface area contributed by atoms with Crippen molar-refractivity contribution in [2.45, 2.75) is 32.0 Å². The van der Waals surface area contributed by atoms with Crippen LogP contribution in [0.5, 0.6) is 0 Å². The van der Waals surface area contributed by atoms with E-state index in [1.165, 1.54) is 0 Å². The Kier molecular flexibility index (Phi) is 4.20. The van der Waals surface area contributed by atoms with Crippen LogP contribution in [-0.4, -0.2) is 51.7 Å². The molecule has 6 rings (SSSR count). The van der Waals surface area contributed by atoms with E-state index in [-0.39, 0.29) is 12.5 Å². The van der Waals surface area contributed by atoms with E-state index in [1.54, 1.807) is 39.3 Å². The van der Waals surface area contributed by atoms with Gasteiger partial charge in [0.15, 0.2) is 5.65 Å². The molecule has 1 aliphatic carbocycles. The number of benzene rings is 1. The number of nitrogens with one attached hydrogen (secondary N) is 1. The molecule has 1 aromatic carbocycles. The molecule has 154 valence electrons. The average Bonchev–Trinajstić information content (AvgIpc) is 3.16. The fraction of sp³-hybridized carbons (Fsp3) is 0.250. The number of fused-ring (bicyclic) bond motifs is 2. The van der Waals surface area contributed by atoms with Crippen molar-refractivity contribution in [2.75, 3.05) is 0 Å². The van der Waals surface area contributed by atoms with Gasteiger partial charge in [0.25, 0.3) is 0 Å². The van der Waals surface area contributed by atoms with E-state index < -0.39 is 0 Å². The zero-order valence-corrected chi connectivity index (χ0v) is 17.2. The van der Waals surface area contributed by atoms with Crippen LogP contribution in [0.3, 0.4) is 0 Å². The van der Waals surface area contributed by atoms with Crippen molar-refractivity contribution < 1.29 is 4.79 Å². The molecule has 4 aromatic heterocycles. The molecule has 0 saturated heterocycles. The Morgan fingerprint density at radius 2 is 2.16 bits per heavy atom. The Morgan fingerprint density at radius 3 is 3.06 bits per heavy atom. The molecule has 5 aromatic rings. The molecule has 1 N–H and O–H groups in total. The highest BCUT2D eigenvalue weighted by Crippen LogP contribution is 2.22. The second-order valence-electron chi connectivity index (χ2n) is 7.57. The number of hydrogen-bond acceptors (Lipinski definition) is 8. The normalized spacial score (nSPS) is 13.8. The number of nitrogens with zero attached hydrogens (tertiary/aromatic N) is 8. The molecule has 31 heavy (non-hydrogen) atoms. The molecule has 0 bridgehead atoms. The van der Waals surface area contributed by atoms with Gasteiger partial charge in [0, 0.05) is 17.8 Å². The summed E-state index contributed by atoms with van der Waals surface area (Å²) < 4.78 is 4.48. The monoisotopic (exact) mass is 431 g/mol. The van der Waals surface area contributed by atoms with Gasteiger partial charge in [-0.3, -0.25) is 9.48 Å². The predicted molar refractivity (Wildman–Crippen MR) is 114 cm³/mol. The van der Waals surface area contributed by atoms with Crippen molar-refractivity contribution in [1.29, 1.82) is 0 Å². The van der Waals surface area contributed by atoms with Gasteiger partial charge >= 0.3 is 0 Å². The van der Waals surface area contributed by atoms with E-state index in [4.69, 9.17) is 4.98 Å². The Balaban J connectivity index is 1.26.